The van der Waals surface area contributed by atoms with Crippen LogP contribution in [-0.4, -0.2) is 16.0 Å². The van der Waals surface area contributed by atoms with Crippen molar-refractivity contribution in [2.24, 2.45) is 0 Å². The summed E-state index contributed by atoms with van der Waals surface area (Å²) in [6.45, 7) is 1.84. The number of nitrogens with zero attached hydrogens (tertiary/aromatic N) is 1. The van der Waals surface area contributed by atoms with Crippen LogP contribution in [0.2, 0.25) is 5.02 Å². The number of hydrogen-bond acceptors (Lipinski definition) is 3. The number of benzene rings is 1. The summed E-state index contributed by atoms with van der Waals surface area (Å²) in [7, 11) is 0. The van der Waals surface area contributed by atoms with Gasteiger partial charge in [-0.1, -0.05) is 23.7 Å². The summed E-state index contributed by atoms with van der Waals surface area (Å²) in [5.74, 6) is -0.566. The molecule has 0 saturated carbocycles. The minimum atomic E-state index is -0.425. The summed E-state index contributed by atoms with van der Waals surface area (Å²) in [6.07, 6.45) is 1.46. The largest absolute Gasteiger partial charge is 0.505 e. The Labute approximate surface area is 116 Å². The van der Waals surface area contributed by atoms with E-state index in [1.807, 2.05) is 19.1 Å². The van der Waals surface area contributed by atoms with Gasteiger partial charge in [-0.2, -0.15) is 0 Å². The van der Waals surface area contributed by atoms with Crippen LogP contribution in [0.25, 0.3) is 0 Å². The lowest BCUT2D eigenvalue weighted by atomic mass is 10.1. The number of carbonyl (C=O) groups is 1. The smallest absolute Gasteiger partial charge is 0.274 e. The summed E-state index contributed by atoms with van der Waals surface area (Å²) in [5, 5.41) is 12.9. The lowest BCUT2D eigenvalue weighted by Gasteiger charge is -2.14. The van der Waals surface area contributed by atoms with Crippen molar-refractivity contribution in [3.8, 4) is 5.75 Å². The molecule has 4 nitrogen and oxygen atoms in total. The topological polar surface area (TPSA) is 62.2 Å². The molecule has 2 aromatic rings. The minimum Gasteiger partial charge on any atom is -0.505 e. The highest BCUT2D eigenvalue weighted by molar-refractivity contribution is 6.30. The molecule has 1 aromatic heterocycles. The molecular formula is C14H13ClN2O2. The van der Waals surface area contributed by atoms with Crippen LogP contribution in [0.5, 0.6) is 5.75 Å². The van der Waals surface area contributed by atoms with Crippen molar-refractivity contribution >= 4 is 17.5 Å². The molecule has 0 spiro atoms. The maximum atomic E-state index is 12.0. The predicted octanol–water partition coefficient (Wildman–Crippen LogP) is 2.93. The summed E-state index contributed by atoms with van der Waals surface area (Å²) < 4.78 is 0. The Balaban J connectivity index is 2.13. The number of halogens is 1. The molecule has 0 aliphatic rings. The number of rotatable bonds is 3. The van der Waals surface area contributed by atoms with E-state index in [2.05, 4.69) is 10.3 Å². The molecule has 98 valence electrons. The van der Waals surface area contributed by atoms with Crippen LogP contribution in [0.15, 0.2) is 42.6 Å². The molecule has 2 N–H and O–H groups in total. The van der Waals surface area contributed by atoms with Crippen molar-refractivity contribution in [2.45, 2.75) is 13.0 Å². The monoisotopic (exact) mass is 276 g/mol. The van der Waals surface area contributed by atoms with Gasteiger partial charge in [0.25, 0.3) is 5.91 Å². The standard InChI is InChI=1S/C14H13ClN2O2/c1-9(10-4-2-5-11(15)8-10)17-14(19)13-12(18)6-3-7-16-13/h2-9,18H,1H3,(H,17,19). The van der Waals surface area contributed by atoms with Crippen LogP contribution in [0.4, 0.5) is 0 Å². The fourth-order valence-corrected chi connectivity index (χ4v) is 1.89. The summed E-state index contributed by atoms with van der Waals surface area (Å²) in [6, 6.07) is 9.99. The Bertz CT molecular complexity index is 602. The van der Waals surface area contributed by atoms with E-state index in [-0.39, 0.29) is 17.5 Å². The lowest BCUT2D eigenvalue weighted by Crippen LogP contribution is -2.27. The summed E-state index contributed by atoms with van der Waals surface area (Å²) in [5.41, 5.74) is 0.896. The second kappa shape index (κ2) is 5.71. The zero-order valence-corrected chi connectivity index (χ0v) is 11.1. The van der Waals surface area contributed by atoms with Gasteiger partial charge < -0.3 is 10.4 Å². The molecule has 1 amide bonds. The fourth-order valence-electron chi connectivity index (χ4n) is 1.70. The van der Waals surface area contributed by atoms with Crippen molar-refractivity contribution in [3.05, 3.63) is 58.9 Å². The molecule has 2 rings (SSSR count). The average Bonchev–Trinajstić information content (AvgIpc) is 2.39. The maximum absolute atomic E-state index is 12.0. The Morgan fingerprint density at radius 3 is 2.84 bits per heavy atom. The van der Waals surface area contributed by atoms with E-state index in [0.29, 0.717) is 5.02 Å². The number of amides is 1. The van der Waals surface area contributed by atoms with E-state index in [1.165, 1.54) is 12.3 Å². The fraction of sp³-hybridized carbons (Fsp3) is 0.143. The number of carbonyl (C=O) groups excluding carboxylic acids is 1. The first kappa shape index (κ1) is 13.4. The second-order valence-electron chi connectivity index (χ2n) is 4.12. The summed E-state index contributed by atoms with van der Waals surface area (Å²) >= 11 is 5.90. The number of hydrogen-bond donors (Lipinski definition) is 2. The van der Waals surface area contributed by atoms with Gasteiger partial charge in [0.05, 0.1) is 6.04 Å². The first-order valence-corrected chi connectivity index (χ1v) is 6.16. The van der Waals surface area contributed by atoms with E-state index in [1.54, 1.807) is 18.2 Å². The molecule has 19 heavy (non-hydrogen) atoms. The summed E-state index contributed by atoms with van der Waals surface area (Å²) in [4.78, 5) is 15.8. The van der Waals surface area contributed by atoms with E-state index in [0.717, 1.165) is 5.56 Å². The van der Waals surface area contributed by atoms with Gasteiger partial charge >= 0.3 is 0 Å². The van der Waals surface area contributed by atoms with Crippen LogP contribution in [0.3, 0.4) is 0 Å². The number of aromatic nitrogens is 1. The third kappa shape index (κ3) is 3.23. The van der Waals surface area contributed by atoms with Crippen molar-refractivity contribution in [3.63, 3.8) is 0 Å². The molecule has 1 aromatic carbocycles. The highest BCUT2D eigenvalue weighted by atomic mass is 35.5. The Morgan fingerprint density at radius 1 is 1.37 bits per heavy atom. The quantitative estimate of drug-likeness (QED) is 0.906. The van der Waals surface area contributed by atoms with Gasteiger partial charge in [-0.25, -0.2) is 4.98 Å². The van der Waals surface area contributed by atoms with E-state index in [9.17, 15) is 9.90 Å². The van der Waals surface area contributed by atoms with Gasteiger partial charge in [-0.3, -0.25) is 4.79 Å². The molecule has 0 radical (unpaired) electrons. The highest BCUT2D eigenvalue weighted by Gasteiger charge is 2.15. The molecule has 1 unspecified atom stereocenters. The molecule has 0 bridgehead atoms. The SMILES string of the molecule is CC(NC(=O)c1ncccc1O)c1cccc(Cl)c1. The van der Waals surface area contributed by atoms with Crippen molar-refractivity contribution in [1.29, 1.82) is 0 Å². The number of nitrogens with one attached hydrogen (secondary N) is 1. The predicted molar refractivity (Wildman–Crippen MR) is 73.2 cm³/mol. The first-order valence-electron chi connectivity index (χ1n) is 5.78. The molecule has 0 fully saturated rings. The third-order valence-electron chi connectivity index (χ3n) is 2.70. The Kier molecular flexibility index (Phi) is 4.02. The average molecular weight is 277 g/mol. The van der Waals surface area contributed by atoms with Gasteiger partial charge in [0.2, 0.25) is 0 Å². The molecule has 1 heterocycles. The van der Waals surface area contributed by atoms with E-state index < -0.39 is 5.91 Å². The first-order chi connectivity index (χ1) is 9.08. The molecule has 0 saturated heterocycles. The van der Waals surface area contributed by atoms with Gasteiger partial charge in [-0.15, -0.1) is 0 Å². The van der Waals surface area contributed by atoms with Crippen LogP contribution in [0, 0.1) is 0 Å². The highest BCUT2D eigenvalue weighted by Crippen LogP contribution is 2.19. The second-order valence-corrected chi connectivity index (χ2v) is 4.56. The van der Waals surface area contributed by atoms with Crippen LogP contribution in [0.1, 0.15) is 29.0 Å². The maximum Gasteiger partial charge on any atom is 0.274 e. The number of aromatic hydroxyl groups is 1. The normalized spacial score (nSPS) is 11.9. The molecule has 0 aliphatic heterocycles. The van der Waals surface area contributed by atoms with Crippen LogP contribution >= 0.6 is 11.6 Å². The van der Waals surface area contributed by atoms with Gasteiger partial charge in [0, 0.05) is 11.2 Å². The Hall–Kier alpha value is -2.07. The van der Waals surface area contributed by atoms with Gasteiger partial charge in [0.15, 0.2) is 5.69 Å². The number of pyridine rings is 1. The van der Waals surface area contributed by atoms with Crippen molar-refractivity contribution in [2.75, 3.05) is 0 Å². The van der Waals surface area contributed by atoms with E-state index in [4.69, 9.17) is 11.6 Å². The van der Waals surface area contributed by atoms with Crippen LogP contribution < -0.4 is 5.32 Å². The van der Waals surface area contributed by atoms with Crippen molar-refractivity contribution in [1.82, 2.24) is 10.3 Å². The van der Waals surface area contributed by atoms with Crippen LogP contribution in [-0.2, 0) is 0 Å². The van der Waals surface area contributed by atoms with Crippen molar-refractivity contribution < 1.29 is 9.90 Å². The lowest BCUT2D eigenvalue weighted by molar-refractivity contribution is 0.0932. The molecular weight excluding hydrogens is 264 g/mol. The molecule has 5 heteroatoms. The zero-order chi connectivity index (χ0) is 13.8. The third-order valence-corrected chi connectivity index (χ3v) is 2.93. The van der Waals surface area contributed by atoms with E-state index >= 15 is 0 Å². The minimum absolute atomic E-state index is 0.0105. The molecule has 0 aliphatic carbocycles. The zero-order valence-electron chi connectivity index (χ0n) is 10.3. The Morgan fingerprint density at radius 2 is 2.16 bits per heavy atom. The molecule has 1 atom stereocenters. The van der Waals surface area contributed by atoms with Gasteiger partial charge in [0.1, 0.15) is 5.75 Å². The van der Waals surface area contributed by atoms with Gasteiger partial charge in [-0.05, 0) is 36.8 Å².